The molecule has 96 valence electrons. The van der Waals surface area contributed by atoms with Crippen molar-refractivity contribution in [3.63, 3.8) is 0 Å². The molecule has 2 aromatic carbocycles. The first kappa shape index (κ1) is 14.3. The van der Waals surface area contributed by atoms with Crippen LogP contribution in [0.25, 0.3) is 0 Å². The van der Waals surface area contributed by atoms with Gasteiger partial charge in [-0.15, -0.1) is 0 Å². The van der Waals surface area contributed by atoms with Crippen molar-refractivity contribution in [2.45, 2.75) is 13.5 Å². The molecule has 2 rings (SSSR count). The average Bonchev–Trinajstić information content (AvgIpc) is 2.42. The first-order chi connectivity index (χ1) is 8.76. The normalized spacial score (nSPS) is 9.28. The molecule has 0 fully saturated rings. The van der Waals surface area contributed by atoms with Gasteiger partial charge in [-0.1, -0.05) is 48.0 Å². The zero-order chi connectivity index (χ0) is 13.2. The zero-order valence-electron chi connectivity index (χ0n) is 11.2. The van der Waals surface area contributed by atoms with Crippen molar-refractivity contribution < 1.29 is 9.47 Å². The van der Waals surface area contributed by atoms with Crippen molar-refractivity contribution in [1.82, 2.24) is 0 Å². The lowest BCUT2D eigenvalue weighted by molar-refractivity contribution is 0.185. The van der Waals surface area contributed by atoms with Crippen molar-refractivity contribution in [3.05, 3.63) is 65.7 Å². The predicted molar refractivity (Wildman–Crippen MR) is 74.9 cm³/mol. The topological polar surface area (TPSA) is 18.5 Å². The number of hydrogen-bond donors (Lipinski definition) is 0. The Labute approximate surface area is 109 Å². The monoisotopic (exact) mass is 244 g/mol. The van der Waals surface area contributed by atoms with Crippen LogP contribution >= 0.6 is 0 Å². The molecular formula is C16H20O2. The van der Waals surface area contributed by atoms with Gasteiger partial charge in [0.05, 0.1) is 13.7 Å². The van der Waals surface area contributed by atoms with Crippen LogP contribution in [0.4, 0.5) is 0 Å². The van der Waals surface area contributed by atoms with Gasteiger partial charge < -0.3 is 9.47 Å². The van der Waals surface area contributed by atoms with Crippen LogP contribution in [-0.2, 0) is 11.3 Å². The zero-order valence-corrected chi connectivity index (χ0v) is 11.2. The van der Waals surface area contributed by atoms with Gasteiger partial charge in [-0.3, -0.25) is 0 Å². The van der Waals surface area contributed by atoms with Crippen LogP contribution in [0.1, 0.15) is 11.1 Å². The largest absolute Gasteiger partial charge is 0.497 e. The van der Waals surface area contributed by atoms with E-state index in [4.69, 9.17) is 9.47 Å². The highest BCUT2D eigenvalue weighted by Crippen LogP contribution is 2.09. The number of methoxy groups -OCH3 is 2. The molecule has 0 unspecified atom stereocenters. The van der Waals surface area contributed by atoms with Gasteiger partial charge in [0.1, 0.15) is 5.75 Å². The molecule has 0 radical (unpaired) electrons. The SMILES string of the molecule is COCc1ccccc1.COc1ccc(C)cc1. The minimum absolute atomic E-state index is 0.709. The van der Waals surface area contributed by atoms with Crippen LogP contribution in [-0.4, -0.2) is 14.2 Å². The van der Waals surface area contributed by atoms with E-state index in [2.05, 4.69) is 6.92 Å². The Morgan fingerprint density at radius 2 is 1.44 bits per heavy atom. The molecule has 0 atom stereocenters. The fourth-order valence-electron chi connectivity index (χ4n) is 1.42. The smallest absolute Gasteiger partial charge is 0.118 e. The summed E-state index contributed by atoms with van der Waals surface area (Å²) >= 11 is 0. The molecule has 0 bridgehead atoms. The summed E-state index contributed by atoms with van der Waals surface area (Å²) in [4.78, 5) is 0. The third-order valence-electron chi connectivity index (χ3n) is 2.41. The number of ether oxygens (including phenoxy) is 2. The number of aryl methyl sites for hydroxylation is 1. The molecule has 2 nitrogen and oxygen atoms in total. The Bertz CT molecular complexity index is 421. The van der Waals surface area contributed by atoms with Crippen molar-refractivity contribution in [2.75, 3.05) is 14.2 Å². The summed E-state index contributed by atoms with van der Waals surface area (Å²) in [5.41, 5.74) is 2.48. The molecule has 0 saturated heterocycles. The number of hydrogen-bond acceptors (Lipinski definition) is 2. The van der Waals surface area contributed by atoms with Crippen LogP contribution in [0, 0.1) is 6.92 Å². The van der Waals surface area contributed by atoms with E-state index in [0.29, 0.717) is 6.61 Å². The Morgan fingerprint density at radius 3 is 1.94 bits per heavy atom. The lowest BCUT2D eigenvalue weighted by atomic mass is 10.2. The van der Waals surface area contributed by atoms with Gasteiger partial charge in [-0.05, 0) is 24.6 Å². The summed E-state index contributed by atoms with van der Waals surface area (Å²) in [6.45, 7) is 2.76. The molecule has 0 aliphatic heterocycles. The maximum atomic E-state index is 4.97. The van der Waals surface area contributed by atoms with Crippen LogP contribution in [0.5, 0.6) is 5.75 Å². The molecular weight excluding hydrogens is 224 g/mol. The Morgan fingerprint density at radius 1 is 0.833 bits per heavy atom. The van der Waals surface area contributed by atoms with Gasteiger partial charge in [-0.2, -0.15) is 0 Å². The fraction of sp³-hybridized carbons (Fsp3) is 0.250. The standard InChI is InChI=1S/2C8H10O/c1-7-3-5-8(9-2)6-4-7;1-9-7-8-5-3-2-4-6-8/h3-6H,1-2H3;2-6H,7H2,1H3. The summed E-state index contributed by atoms with van der Waals surface area (Å²) in [6.07, 6.45) is 0. The van der Waals surface area contributed by atoms with E-state index in [-0.39, 0.29) is 0 Å². The molecule has 0 heterocycles. The predicted octanol–water partition coefficient (Wildman–Crippen LogP) is 3.84. The number of rotatable bonds is 3. The van der Waals surface area contributed by atoms with Gasteiger partial charge in [0.15, 0.2) is 0 Å². The minimum atomic E-state index is 0.709. The Kier molecular flexibility index (Phi) is 6.59. The van der Waals surface area contributed by atoms with E-state index < -0.39 is 0 Å². The average molecular weight is 244 g/mol. The van der Waals surface area contributed by atoms with Crippen molar-refractivity contribution in [3.8, 4) is 5.75 Å². The molecule has 2 aromatic rings. The van der Waals surface area contributed by atoms with Crippen molar-refractivity contribution in [2.24, 2.45) is 0 Å². The summed E-state index contributed by atoms with van der Waals surface area (Å²) in [7, 11) is 3.37. The summed E-state index contributed by atoms with van der Waals surface area (Å²) in [6, 6.07) is 18.1. The molecule has 0 spiro atoms. The van der Waals surface area contributed by atoms with Gasteiger partial charge in [0.2, 0.25) is 0 Å². The van der Waals surface area contributed by atoms with Gasteiger partial charge in [-0.25, -0.2) is 0 Å². The van der Waals surface area contributed by atoms with Crippen molar-refractivity contribution in [1.29, 1.82) is 0 Å². The Hall–Kier alpha value is -1.80. The molecule has 0 aliphatic rings. The van der Waals surface area contributed by atoms with E-state index in [1.807, 2.05) is 54.6 Å². The summed E-state index contributed by atoms with van der Waals surface area (Å²) < 4.78 is 9.90. The maximum absolute atomic E-state index is 4.97. The first-order valence-electron chi connectivity index (χ1n) is 5.89. The van der Waals surface area contributed by atoms with Gasteiger partial charge in [0.25, 0.3) is 0 Å². The highest BCUT2D eigenvalue weighted by molar-refractivity contribution is 5.25. The van der Waals surface area contributed by atoms with Crippen molar-refractivity contribution >= 4 is 0 Å². The molecule has 0 amide bonds. The van der Waals surface area contributed by atoms with Crippen LogP contribution < -0.4 is 4.74 Å². The first-order valence-corrected chi connectivity index (χ1v) is 5.89. The minimum Gasteiger partial charge on any atom is -0.497 e. The second-order valence-corrected chi connectivity index (χ2v) is 3.94. The molecule has 0 aromatic heterocycles. The lowest BCUT2D eigenvalue weighted by Crippen LogP contribution is -1.84. The third-order valence-corrected chi connectivity index (χ3v) is 2.41. The molecule has 18 heavy (non-hydrogen) atoms. The molecule has 2 heteroatoms. The van der Waals surface area contributed by atoms with E-state index in [0.717, 1.165) is 5.75 Å². The summed E-state index contributed by atoms with van der Waals surface area (Å²) in [5.74, 6) is 0.917. The van der Waals surface area contributed by atoms with Crippen LogP contribution in [0.15, 0.2) is 54.6 Å². The van der Waals surface area contributed by atoms with E-state index >= 15 is 0 Å². The quantitative estimate of drug-likeness (QED) is 0.816. The second kappa shape index (κ2) is 8.31. The lowest BCUT2D eigenvalue weighted by Gasteiger charge is -1.97. The van der Waals surface area contributed by atoms with Crippen LogP contribution in [0.3, 0.4) is 0 Å². The Balaban J connectivity index is 0.000000180. The summed E-state index contributed by atoms with van der Waals surface area (Å²) in [5, 5.41) is 0. The van der Waals surface area contributed by atoms with E-state index in [1.165, 1.54) is 11.1 Å². The number of benzene rings is 2. The highest BCUT2D eigenvalue weighted by atomic mass is 16.5. The highest BCUT2D eigenvalue weighted by Gasteiger charge is 1.86. The van der Waals surface area contributed by atoms with Gasteiger partial charge in [0, 0.05) is 7.11 Å². The van der Waals surface area contributed by atoms with E-state index in [9.17, 15) is 0 Å². The third kappa shape index (κ3) is 5.51. The van der Waals surface area contributed by atoms with Gasteiger partial charge >= 0.3 is 0 Å². The fourth-order valence-corrected chi connectivity index (χ4v) is 1.42. The maximum Gasteiger partial charge on any atom is 0.118 e. The molecule has 0 N–H and O–H groups in total. The van der Waals surface area contributed by atoms with E-state index in [1.54, 1.807) is 14.2 Å². The molecule has 0 saturated carbocycles. The second-order valence-electron chi connectivity index (χ2n) is 3.94. The van der Waals surface area contributed by atoms with Crippen LogP contribution in [0.2, 0.25) is 0 Å². The molecule has 0 aliphatic carbocycles.